The van der Waals surface area contributed by atoms with E-state index < -0.39 is 11.7 Å². The number of aromatic nitrogens is 1. The van der Waals surface area contributed by atoms with Crippen LogP contribution < -0.4 is 5.32 Å². The Morgan fingerprint density at radius 3 is 2.61 bits per heavy atom. The summed E-state index contributed by atoms with van der Waals surface area (Å²) in [5, 5.41) is 5.15. The van der Waals surface area contributed by atoms with Crippen molar-refractivity contribution in [1.82, 2.24) is 4.98 Å². The van der Waals surface area contributed by atoms with Crippen molar-refractivity contribution in [1.29, 1.82) is 0 Å². The van der Waals surface area contributed by atoms with Crippen LogP contribution in [0.1, 0.15) is 5.56 Å². The molecule has 0 aliphatic carbocycles. The van der Waals surface area contributed by atoms with Gasteiger partial charge in [0.05, 0.1) is 11.3 Å². The van der Waals surface area contributed by atoms with Crippen LogP contribution in [0.15, 0.2) is 23.6 Å². The molecule has 1 heterocycles. The van der Waals surface area contributed by atoms with E-state index in [0.29, 0.717) is 5.13 Å². The molecule has 0 saturated carbocycles. The van der Waals surface area contributed by atoms with Gasteiger partial charge in [-0.05, 0) is 18.2 Å². The molecule has 0 aliphatic rings. The second-order valence-corrected chi connectivity index (χ2v) is 4.77. The maximum atomic E-state index is 12.9. The number of anilines is 1. The lowest BCUT2D eigenvalue weighted by Gasteiger charge is -2.11. The van der Waals surface area contributed by atoms with Crippen molar-refractivity contribution < 1.29 is 13.2 Å². The third-order valence-corrected chi connectivity index (χ3v) is 3.38. The predicted octanol–water partition coefficient (Wildman–Crippen LogP) is 4.52. The minimum atomic E-state index is -4.43. The summed E-state index contributed by atoms with van der Waals surface area (Å²) in [6.45, 7) is 0. The Kier molecular flexibility index (Phi) is 3.49. The first-order chi connectivity index (χ1) is 8.41. The van der Waals surface area contributed by atoms with E-state index in [1.165, 1.54) is 23.5 Å². The number of hydrogen-bond acceptors (Lipinski definition) is 3. The second-order valence-electron chi connectivity index (χ2n) is 3.48. The van der Waals surface area contributed by atoms with E-state index in [4.69, 9.17) is 11.6 Å². The van der Waals surface area contributed by atoms with Crippen LogP contribution in [0, 0.1) is 0 Å². The highest BCUT2D eigenvalue weighted by Crippen LogP contribution is 2.39. The first-order valence-electron chi connectivity index (χ1n) is 4.92. The monoisotopic (exact) mass is 292 g/mol. The fourth-order valence-corrected chi connectivity index (χ4v) is 2.33. The summed E-state index contributed by atoms with van der Waals surface area (Å²) in [5.74, 6) is 0. The third kappa shape index (κ3) is 2.59. The molecule has 2 rings (SSSR count). The number of rotatable bonds is 2. The van der Waals surface area contributed by atoms with Gasteiger partial charge in [-0.3, -0.25) is 0 Å². The average molecular weight is 293 g/mol. The summed E-state index contributed by atoms with van der Waals surface area (Å²) in [7, 11) is 1.66. The van der Waals surface area contributed by atoms with Crippen LogP contribution in [0.5, 0.6) is 0 Å². The molecule has 1 aromatic heterocycles. The maximum absolute atomic E-state index is 12.9. The van der Waals surface area contributed by atoms with Crippen LogP contribution in [0.3, 0.4) is 0 Å². The van der Waals surface area contributed by atoms with Crippen molar-refractivity contribution in [3.05, 3.63) is 34.2 Å². The van der Waals surface area contributed by atoms with Crippen LogP contribution in [-0.2, 0) is 6.18 Å². The van der Waals surface area contributed by atoms with Gasteiger partial charge in [0.1, 0.15) is 0 Å². The minimum absolute atomic E-state index is 0.00671. The van der Waals surface area contributed by atoms with Gasteiger partial charge in [-0.2, -0.15) is 13.2 Å². The number of nitrogens with zero attached hydrogens (tertiary/aromatic N) is 1. The fourth-order valence-electron chi connectivity index (χ4n) is 1.49. The Bertz CT molecular complexity index is 566. The molecular formula is C11H8ClF3N2S. The van der Waals surface area contributed by atoms with Gasteiger partial charge in [0.25, 0.3) is 0 Å². The van der Waals surface area contributed by atoms with E-state index in [-0.39, 0.29) is 16.3 Å². The number of thiazole rings is 1. The molecule has 0 unspecified atom stereocenters. The molecular weight excluding hydrogens is 285 g/mol. The minimum Gasteiger partial charge on any atom is -0.365 e. The summed E-state index contributed by atoms with van der Waals surface area (Å²) in [5.41, 5.74) is -0.480. The largest absolute Gasteiger partial charge is 0.417 e. The van der Waals surface area contributed by atoms with Gasteiger partial charge in [-0.1, -0.05) is 11.6 Å². The Labute approximate surface area is 110 Å². The molecule has 0 aliphatic heterocycles. The smallest absolute Gasteiger partial charge is 0.365 e. The highest BCUT2D eigenvalue weighted by atomic mass is 35.5. The highest BCUT2D eigenvalue weighted by molar-refractivity contribution is 7.14. The van der Waals surface area contributed by atoms with Crippen molar-refractivity contribution in [3.8, 4) is 11.3 Å². The van der Waals surface area contributed by atoms with E-state index in [1.807, 2.05) is 0 Å². The van der Waals surface area contributed by atoms with E-state index in [0.717, 1.165) is 6.07 Å². The quantitative estimate of drug-likeness (QED) is 0.880. The van der Waals surface area contributed by atoms with Gasteiger partial charge in [0.15, 0.2) is 5.13 Å². The number of hydrogen-bond donors (Lipinski definition) is 1. The summed E-state index contributed by atoms with van der Waals surface area (Å²) in [6.07, 6.45) is -4.43. The van der Waals surface area contributed by atoms with E-state index in [9.17, 15) is 13.2 Å². The van der Waals surface area contributed by atoms with Crippen molar-refractivity contribution in [2.24, 2.45) is 0 Å². The Morgan fingerprint density at radius 2 is 2.06 bits per heavy atom. The third-order valence-electron chi connectivity index (χ3n) is 2.28. The zero-order valence-corrected chi connectivity index (χ0v) is 10.7. The Morgan fingerprint density at radius 1 is 1.33 bits per heavy atom. The summed E-state index contributed by atoms with van der Waals surface area (Å²) >= 11 is 6.99. The molecule has 0 radical (unpaired) electrons. The molecule has 96 valence electrons. The molecule has 0 fully saturated rings. The van der Waals surface area contributed by atoms with Crippen molar-refractivity contribution in [2.45, 2.75) is 6.18 Å². The molecule has 7 heteroatoms. The predicted molar refractivity (Wildman–Crippen MR) is 67.1 cm³/mol. The van der Waals surface area contributed by atoms with Gasteiger partial charge >= 0.3 is 6.18 Å². The van der Waals surface area contributed by atoms with Crippen molar-refractivity contribution >= 4 is 28.1 Å². The molecule has 0 spiro atoms. The number of halogens is 4. The fraction of sp³-hybridized carbons (Fsp3) is 0.182. The first-order valence-corrected chi connectivity index (χ1v) is 6.18. The van der Waals surface area contributed by atoms with Crippen molar-refractivity contribution in [3.63, 3.8) is 0 Å². The molecule has 18 heavy (non-hydrogen) atoms. The van der Waals surface area contributed by atoms with Crippen LogP contribution in [0.4, 0.5) is 18.3 Å². The lowest BCUT2D eigenvalue weighted by Crippen LogP contribution is -2.07. The number of benzene rings is 1. The SMILES string of the molecule is CNc1nc(-c2cc(Cl)ccc2C(F)(F)F)cs1. The maximum Gasteiger partial charge on any atom is 0.417 e. The molecule has 2 nitrogen and oxygen atoms in total. The average Bonchev–Trinajstić information content (AvgIpc) is 2.75. The molecule has 0 amide bonds. The van der Waals surface area contributed by atoms with Gasteiger partial charge in [-0.15, -0.1) is 11.3 Å². The van der Waals surface area contributed by atoms with E-state index >= 15 is 0 Å². The Hall–Kier alpha value is -1.27. The molecule has 0 atom stereocenters. The Balaban J connectivity index is 2.58. The van der Waals surface area contributed by atoms with Gasteiger partial charge < -0.3 is 5.32 Å². The van der Waals surface area contributed by atoms with Crippen LogP contribution in [0.25, 0.3) is 11.3 Å². The number of nitrogens with one attached hydrogen (secondary N) is 1. The van der Waals surface area contributed by atoms with Crippen LogP contribution >= 0.6 is 22.9 Å². The van der Waals surface area contributed by atoms with E-state index in [1.54, 1.807) is 12.4 Å². The summed E-state index contributed by atoms with van der Waals surface area (Å²) in [4.78, 5) is 4.06. The standard InChI is InChI=1S/C11H8ClF3N2S/c1-16-10-17-9(5-18-10)7-4-6(12)2-3-8(7)11(13,14)15/h2-5H,1H3,(H,16,17). The lowest BCUT2D eigenvalue weighted by molar-refractivity contribution is -0.137. The molecule has 0 saturated heterocycles. The zero-order valence-electron chi connectivity index (χ0n) is 9.18. The van der Waals surface area contributed by atoms with Crippen LogP contribution in [-0.4, -0.2) is 12.0 Å². The summed E-state index contributed by atoms with van der Waals surface area (Å²) < 4.78 is 38.6. The topological polar surface area (TPSA) is 24.9 Å². The number of alkyl halides is 3. The lowest BCUT2D eigenvalue weighted by atomic mass is 10.1. The highest BCUT2D eigenvalue weighted by Gasteiger charge is 2.34. The van der Waals surface area contributed by atoms with Gasteiger partial charge in [0.2, 0.25) is 0 Å². The molecule has 0 bridgehead atoms. The molecule has 2 aromatic rings. The van der Waals surface area contributed by atoms with E-state index in [2.05, 4.69) is 10.3 Å². The van der Waals surface area contributed by atoms with Gasteiger partial charge in [-0.25, -0.2) is 4.98 Å². The van der Waals surface area contributed by atoms with Crippen molar-refractivity contribution in [2.75, 3.05) is 12.4 Å². The molecule has 1 N–H and O–H groups in total. The van der Waals surface area contributed by atoms with Gasteiger partial charge in [0, 0.05) is 23.0 Å². The zero-order chi connectivity index (χ0) is 13.3. The normalized spacial score (nSPS) is 11.6. The molecule has 1 aromatic carbocycles. The first kappa shape index (κ1) is 13.2. The second kappa shape index (κ2) is 4.78. The summed E-state index contributed by atoms with van der Waals surface area (Å²) in [6, 6.07) is 3.47. The van der Waals surface area contributed by atoms with Crippen LogP contribution in [0.2, 0.25) is 5.02 Å².